The van der Waals surface area contributed by atoms with Gasteiger partial charge in [-0.2, -0.15) is 0 Å². The number of anilines is 1. The van der Waals surface area contributed by atoms with Crippen LogP contribution < -0.4 is 10.2 Å². The number of nitrogens with one attached hydrogen (secondary N) is 1. The Kier molecular flexibility index (Phi) is 5.31. The number of nitrogens with zero attached hydrogens (tertiary/aromatic N) is 1. The number of ether oxygens (including phenoxy) is 1. The fraction of sp³-hybridized carbons (Fsp3) is 0.318. The highest BCUT2D eigenvalue weighted by Crippen LogP contribution is 2.40. The molecule has 0 bridgehead atoms. The van der Waals surface area contributed by atoms with Crippen molar-refractivity contribution in [2.24, 2.45) is 0 Å². The first kappa shape index (κ1) is 18.1. The molecule has 4 heteroatoms. The third kappa shape index (κ3) is 3.59. The molecule has 1 atom stereocenters. The molecule has 1 heterocycles. The van der Waals surface area contributed by atoms with Gasteiger partial charge in [0.05, 0.1) is 18.3 Å². The van der Waals surface area contributed by atoms with Crippen LogP contribution in [0.3, 0.4) is 0 Å². The largest absolute Gasteiger partial charge is 0.493 e. The first-order valence-electron chi connectivity index (χ1n) is 9.11. The number of fused-ring (bicyclic) bond motifs is 1. The SMILES string of the molecule is CCOC1=CC(c2ccc(C)cc2)N(C(=O)NC(C)C)c2ccccc21. The number of amides is 2. The van der Waals surface area contributed by atoms with Gasteiger partial charge in [0.15, 0.2) is 0 Å². The van der Waals surface area contributed by atoms with Crippen LogP contribution in [0.4, 0.5) is 10.5 Å². The molecule has 1 unspecified atom stereocenters. The van der Waals surface area contributed by atoms with Crippen LogP contribution in [0, 0.1) is 6.92 Å². The number of hydrogen-bond acceptors (Lipinski definition) is 2. The van der Waals surface area contributed by atoms with Gasteiger partial charge in [-0.1, -0.05) is 42.0 Å². The van der Waals surface area contributed by atoms with E-state index in [1.807, 2.05) is 56.0 Å². The van der Waals surface area contributed by atoms with Crippen molar-refractivity contribution in [3.63, 3.8) is 0 Å². The highest BCUT2D eigenvalue weighted by Gasteiger charge is 2.33. The molecular weight excluding hydrogens is 324 g/mol. The van der Waals surface area contributed by atoms with Crippen molar-refractivity contribution in [2.75, 3.05) is 11.5 Å². The Hall–Kier alpha value is -2.75. The van der Waals surface area contributed by atoms with Gasteiger partial charge in [-0.25, -0.2) is 4.79 Å². The first-order valence-corrected chi connectivity index (χ1v) is 9.11. The maximum absolute atomic E-state index is 13.0. The molecule has 136 valence electrons. The molecule has 1 aliphatic rings. The van der Waals surface area contributed by atoms with Gasteiger partial charge in [0.25, 0.3) is 0 Å². The minimum atomic E-state index is -0.217. The lowest BCUT2D eigenvalue weighted by Gasteiger charge is -2.36. The number of para-hydroxylation sites is 1. The van der Waals surface area contributed by atoms with Gasteiger partial charge in [0, 0.05) is 11.6 Å². The number of benzene rings is 2. The molecule has 0 fully saturated rings. The van der Waals surface area contributed by atoms with E-state index in [0.29, 0.717) is 6.61 Å². The van der Waals surface area contributed by atoms with Crippen molar-refractivity contribution in [3.05, 3.63) is 71.3 Å². The third-order valence-corrected chi connectivity index (χ3v) is 4.37. The fourth-order valence-corrected chi connectivity index (χ4v) is 3.19. The van der Waals surface area contributed by atoms with Crippen molar-refractivity contribution in [1.29, 1.82) is 0 Å². The highest BCUT2D eigenvalue weighted by atomic mass is 16.5. The summed E-state index contributed by atoms with van der Waals surface area (Å²) in [6.45, 7) is 8.55. The second kappa shape index (κ2) is 7.65. The van der Waals surface area contributed by atoms with Crippen molar-refractivity contribution in [2.45, 2.75) is 39.8 Å². The topological polar surface area (TPSA) is 41.6 Å². The zero-order chi connectivity index (χ0) is 18.7. The predicted octanol–water partition coefficient (Wildman–Crippen LogP) is 5.05. The van der Waals surface area contributed by atoms with Crippen LogP contribution in [0.5, 0.6) is 0 Å². The molecule has 1 aliphatic heterocycles. The lowest BCUT2D eigenvalue weighted by atomic mass is 9.95. The summed E-state index contributed by atoms with van der Waals surface area (Å²) in [4.78, 5) is 14.9. The van der Waals surface area contributed by atoms with Crippen LogP contribution in [0.2, 0.25) is 0 Å². The Morgan fingerprint density at radius 3 is 2.50 bits per heavy atom. The monoisotopic (exact) mass is 350 g/mol. The lowest BCUT2D eigenvalue weighted by Crippen LogP contribution is -2.46. The molecule has 2 amide bonds. The molecule has 26 heavy (non-hydrogen) atoms. The molecule has 0 aromatic heterocycles. The Balaban J connectivity index is 2.12. The Labute approximate surface area is 155 Å². The van der Waals surface area contributed by atoms with E-state index in [2.05, 4.69) is 36.5 Å². The van der Waals surface area contributed by atoms with E-state index in [9.17, 15) is 4.79 Å². The fourth-order valence-electron chi connectivity index (χ4n) is 3.19. The van der Waals surface area contributed by atoms with Crippen molar-refractivity contribution >= 4 is 17.5 Å². The summed E-state index contributed by atoms with van der Waals surface area (Å²) >= 11 is 0. The molecule has 0 aliphatic carbocycles. The zero-order valence-corrected chi connectivity index (χ0v) is 15.8. The van der Waals surface area contributed by atoms with E-state index in [4.69, 9.17) is 4.74 Å². The second-order valence-electron chi connectivity index (χ2n) is 6.81. The third-order valence-electron chi connectivity index (χ3n) is 4.37. The molecule has 4 nitrogen and oxygen atoms in total. The zero-order valence-electron chi connectivity index (χ0n) is 15.8. The molecule has 3 rings (SSSR count). The van der Waals surface area contributed by atoms with E-state index < -0.39 is 0 Å². The van der Waals surface area contributed by atoms with Gasteiger partial charge >= 0.3 is 6.03 Å². The number of urea groups is 1. The van der Waals surface area contributed by atoms with Gasteiger partial charge in [-0.15, -0.1) is 0 Å². The molecule has 2 aromatic carbocycles. The first-order chi connectivity index (χ1) is 12.5. The summed E-state index contributed by atoms with van der Waals surface area (Å²) in [7, 11) is 0. The van der Waals surface area contributed by atoms with E-state index in [0.717, 1.165) is 22.6 Å². The predicted molar refractivity (Wildman–Crippen MR) is 106 cm³/mol. The van der Waals surface area contributed by atoms with Gasteiger partial charge < -0.3 is 10.1 Å². The van der Waals surface area contributed by atoms with Crippen LogP contribution >= 0.6 is 0 Å². The maximum atomic E-state index is 13.0. The van der Waals surface area contributed by atoms with Crippen LogP contribution in [0.1, 0.15) is 43.5 Å². The van der Waals surface area contributed by atoms with Gasteiger partial charge in [-0.05, 0) is 51.5 Å². The summed E-state index contributed by atoms with van der Waals surface area (Å²) in [6.07, 6.45) is 2.04. The maximum Gasteiger partial charge on any atom is 0.322 e. The van der Waals surface area contributed by atoms with Gasteiger partial charge in [0.1, 0.15) is 5.76 Å². The number of carbonyl (C=O) groups excluding carboxylic acids is 1. The number of rotatable bonds is 4. The molecule has 2 aromatic rings. The summed E-state index contributed by atoms with van der Waals surface area (Å²) in [5.74, 6) is 0.822. The number of carbonyl (C=O) groups is 1. The smallest absolute Gasteiger partial charge is 0.322 e. The Bertz CT molecular complexity index is 809. The van der Waals surface area contributed by atoms with Crippen molar-refractivity contribution in [3.8, 4) is 0 Å². The second-order valence-corrected chi connectivity index (χ2v) is 6.81. The average Bonchev–Trinajstić information content (AvgIpc) is 2.61. The number of hydrogen-bond donors (Lipinski definition) is 1. The summed E-state index contributed by atoms with van der Waals surface area (Å²) < 4.78 is 5.90. The van der Waals surface area contributed by atoms with Gasteiger partial charge in [0.2, 0.25) is 0 Å². The van der Waals surface area contributed by atoms with E-state index in [1.54, 1.807) is 0 Å². The van der Waals surface area contributed by atoms with Crippen molar-refractivity contribution < 1.29 is 9.53 Å². The van der Waals surface area contributed by atoms with Crippen molar-refractivity contribution in [1.82, 2.24) is 5.32 Å². The summed E-state index contributed by atoms with van der Waals surface area (Å²) in [5.41, 5.74) is 4.05. The molecule has 0 saturated heterocycles. The molecule has 0 spiro atoms. The van der Waals surface area contributed by atoms with E-state index in [-0.39, 0.29) is 18.1 Å². The Morgan fingerprint density at radius 1 is 1.15 bits per heavy atom. The Morgan fingerprint density at radius 2 is 1.85 bits per heavy atom. The highest BCUT2D eigenvalue weighted by molar-refractivity contribution is 5.98. The quantitative estimate of drug-likeness (QED) is 0.838. The summed E-state index contributed by atoms with van der Waals surface area (Å²) in [6, 6.07) is 15.9. The minimum Gasteiger partial charge on any atom is -0.493 e. The standard InChI is InChI=1S/C22H26N2O2/c1-5-26-21-14-20(17-12-10-16(4)11-13-17)24(22(25)23-15(2)3)19-9-7-6-8-18(19)21/h6-15,20H,5H2,1-4H3,(H,23,25). The van der Waals surface area contributed by atoms with Crippen LogP contribution in [-0.2, 0) is 4.74 Å². The van der Waals surface area contributed by atoms with E-state index in [1.165, 1.54) is 5.56 Å². The molecular formula is C22H26N2O2. The van der Waals surface area contributed by atoms with E-state index >= 15 is 0 Å². The number of aryl methyl sites for hydroxylation is 1. The van der Waals surface area contributed by atoms with Gasteiger partial charge in [-0.3, -0.25) is 4.90 Å². The van der Waals surface area contributed by atoms with Crippen LogP contribution in [0.25, 0.3) is 5.76 Å². The minimum absolute atomic E-state index is 0.0607. The normalized spacial score (nSPS) is 16.1. The summed E-state index contributed by atoms with van der Waals surface area (Å²) in [5, 5.41) is 3.03. The lowest BCUT2D eigenvalue weighted by molar-refractivity contribution is 0.242. The van der Waals surface area contributed by atoms with Crippen LogP contribution in [0.15, 0.2) is 54.6 Å². The average molecular weight is 350 g/mol. The molecule has 0 saturated carbocycles. The van der Waals surface area contributed by atoms with Crippen LogP contribution in [-0.4, -0.2) is 18.7 Å². The molecule has 0 radical (unpaired) electrons. The molecule has 1 N–H and O–H groups in total.